The summed E-state index contributed by atoms with van der Waals surface area (Å²) in [6, 6.07) is 3.58. The fourth-order valence-corrected chi connectivity index (χ4v) is 3.15. The van der Waals surface area contributed by atoms with Gasteiger partial charge in [0, 0.05) is 5.56 Å². The normalized spacial score (nSPS) is 26.4. The van der Waals surface area contributed by atoms with Crippen molar-refractivity contribution in [3.63, 3.8) is 0 Å². The molecule has 25 heavy (non-hydrogen) atoms. The largest absolute Gasteiger partial charge is 0.494 e. The van der Waals surface area contributed by atoms with Crippen molar-refractivity contribution in [2.45, 2.75) is 57.5 Å². The van der Waals surface area contributed by atoms with Gasteiger partial charge < -0.3 is 30.5 Å². The molecular weight excluding hydrogens is 326 g/mol. The number of aliphatic hydroxyl groups is 3. The molecule has 1 fully saturated rings. The third kappa shape index (κ3) is 4.92. The summed E-state index contributed by atoms with van der Waals surface area (Å²) in [5, 5.41) is 28.9. The summed E-state index contributed by atoms with van der Waals surface area (Å²) in [5.74, 6) is 0.243. The minimum absolute atomic E-state index is 0.0319. The Morgan fingerprint density at radius 3 is 2.44 bits per heavy atom. The maximum absolute atomic E-state index is 11.4. The Hall–Kier alpha value is -1.67. The highest BCUT2D eigenvalue weighted by atomic mass is 16.5. The molecule has 0 spiro atoms. The van der Waals surface area contributed by atoms with Gasteiger partial charge in [-0.15, -0.1) is 0 Å². The molecule has 4 atom stereocenters. The number of carbonyl (C=O) groups excluding carboxylic acids is 1. The molecule has 0 bridgehead atoms. The van der Waals surface area contributed by atoms with Crippen molar-refractivity contribution in [3.8, 4) is 5.75 Å². The van der Waals surface area contributed by atoms with Crippen molar-refractivity contribution in [3.05, 3.63) is 28.8 Å². The van der Waals surface area contributed by atoms with Crippen LogP contribution in [0.2, 0.25) is 0 Å². The summed E-state index contributed by atoms with van der Waals surface area (Å²) in [6.45, 7) is 4.16. The Morgan fingerprint density at radius 1 is 1.20 bits per heavy atom. The van der Waals surface area contributed by atoms with Crippen LogP contribution in [0, 0.1) is 13.8 Å². The maximum atomic E-state index is 11.4. The van der Waals surface area contributed by atoms with Crippen LogP contribution in [0.3, 0.4) is 0 Å². The lowest BCUT2D eigenvalue weighted by molar-refractivity contribution is -0.188. The van der Waals surface area contributed by atoms with Gasteiger partial charge in [-0.1, -0.05) is 0 Å². The van der Waals surface area contributed by atoms with Crippen LogP contribution in [0.1, 0.15) is 40.7 Å². The maximum Gasteiger partial charge on any atom is 0.249 e. The molecule has 2 rings (SSSR count). The smallest absolute Gasteiger partial charge is 0.249 e. The number of hydrogen-bond donors (Lipinski definition) is 4. The highest BCUT2D eigenvalue weighted by molar-refractivity contribution is 5.96. The third-order valence-electron chi connectivity index (χ3n) is 4.51. The van der Waals surface area contributed by atoms with Crippen LogP contribution in [0.25, 0.3) is 0 Å². The highest BCUT2D eigenvalue weighted by Crippen LogP contribution is 2.23. The zero-order valence-corrected chi connectivity index (χ0v) is 14.6. The van der Waals surface area contributed by atoms with E-state index in [0.717, 1.165) is 24.0 Å². The van der Waals surface area contributed by atoms with Crippen molar-refractivity contribution < 1.29 is 29.6 Å². The number of hydrogen-bond acceptors (Lipinski definition) is 6. The minimum Gasteiger partial charge on any atom is -0.494 e. The first kappa shape index (κ1) is 19.7. The molecule has 0 aromatic heterocycles. The van der Waals surface area contributed by atoms with E-state index in [1.807, 2.05) is 13.8 Å². The first-order valence-corrected chi connectivity index (χ1v) is 8.51. The number of ether oxygens (including phenoxy) is 2. The van der Waals surface area contributed by atoms with Gasteiger partial charge in [-0.05, 0) is 56.4 Å². The van der Waals surface area contributed by atoms with Crippen LogP contribution in [0.4, 0.5) is 0 Å². The van der Waals surface area contributed by atoms with Crippen LogP contribution in [-0.2, 0) is 4.74 Å². The van der Waals surface area contributed by atoms with E-state index in [1.165, 1.54) is 0 Å². The lowest BCUT2D eigenvalue weighted by Crippen LogP contribution is -2.52. The molecule has 0 radical (unpaired) electrons. The predicted molar refractivity (Wildman–Crippen MR) is 91.5 cm³/mol. The first-order valence-electron chi connectivity index (χ1n) is 8.51. The Bertz CT molecular complexity index is 582. The second-order valence-corrected chi connectivity index (χ2v) is 6.56. The number of nitrogens with two attached hydrogens (primary N) is 1. The van der Waals surface area contributed by atoms with E-state index >= 15 is 0 Å². The molecule has 0 unspecified atom stereocenters. The van der Waals surface area contributed by atoms with E-state index < -0.39 is 30.3 Å². The molecule has 0 aliphatic carbocycles. The summed E-state index contributed by atoms with van der Waals surface area (Å²) in [5.41, 5.74) is 7.46. The summed E-state index contributed by atoms with van der Waals surface area (Å²) < 4.78 is 11.1. The molecule has 7 heteroatoms. The van der Waals surface area contributed by atoms with Crippen molar-refractivity contribution >= 4 is 5.91 Å². The monoisotopic (exact) mass is 353 g/mol. The average Bonchev–Trinajstić information content (AvgIpc) is 2.53. The van der Waals surface area contributed by atoms with E-state index in [1.54, 1.807) is 12.1 Å². The van der Waals surface area contributed by atoms with Gasteiger partial charge in [0.2, 0.25) is 5.91 Å². The van der Waals surface area contributed by atoms with Gasteiger partial charge >= 0.3 is 0 Å². The molecule has 1 heterocycles. The molecule has 7 nitrogen and oxygen atoms in total. The minimum atomic E-state index is -1.16. The summed E-state index contributed by atoms with van der Waals surface area (Å²) in [6.07, 6.45) is -1.67. The van der Waals surface area contributed by atoms with Gasteiger partial charge in [0.05, 0.1) is 19.3 Å². The molecule has 0 saturated carbocycles. The molecule has 5 N–H and O–H groups in total. The number of aryl methyl sites for hydroxylation is 2. The van der Waals surface area contributed by atoms with E-state index in [2.05, 4.69) is 0 Å². The van der Waals surface area contributed by atoms with E-state index in [4.69, 9.17) is 15.2 Å². The van der Waals surface area contributed by atoms with Crippen molar-refractivity contribution in [2.75, 3.05) is 13.2 Å². The fourth-order valence-electron chi connectivity index (χ4n) is 3.15. The zero-order valence-electron chi connectivity index (χ0n) is 14.6. The average molecular weight is 353 g/mol. The number of benzene rings is 1. The molecule has 1 aromatic rings. The van der Waals surface area contributed by atoms with Crippen LogP contribution < -0.4 is 10.5 Å². The lowest BCUT2D eigenvalue weighted by Gasteiger charge is -2.35. The third-order valence-corrected chi connectivity index (χ3v) is 4.51. The Morgan fingerprint density at radius 2 is 1.84 bits per heavy atom. The highest BCUT2D eigenvalue weighted by Gasteiger charge is 2.36. The Kier molecular flexibility index (Phi) is 6.78. The van der Waals surface area contributed by atoms with E-state index in [0.29, 0.717) is 24.3 Å². The van der Waals surface area contributed by atoms with Crippen LogP contribution >= 0.6 is 0 Å². The Balaban J connectivity index is 1.76. The van der Waals surface area contributed by atoms with Crippen LogP contribution in [-0.4, -0.2) is 58.9 Å². The van der Waals surface area contributed by atoms with Crippen molar-refractivity contribution in [1.82, 2.24) is 0 Å². The molecule has 1 aliphatic rings. The predicted octanol–water partition coefficient (Wildman–Crippen LogP) is 0.433. The number of amides is 1. The van der Waals surface area contributed by atoms with Crippen molar-refractivity contribution in [1.29, 1.82) is 0 Å². The second-order valence-electron chi connectivity index (χ2n) is 6.56. The van der Waals surface area contributed by atoms with Gasteiger partial charge in [-0.2, -0.15) is 0 Å². The van der Waals surface area contributed by atoms with Crippen molar-refractivity contribution in [2.24, 2.45) is 5.73 Å². The number of unbranched alkanes of at least 4 members (excludes halogenated alkanes) is 1. The lowest BCUT2D eigenvalue weighted by atomic mass is 9.96. The molecule has 140 valence electrons. The first-order chi connectivity index (χ1) is 11.8. The standard InChI is InChI=1S/C18H27NO6/c1-10-7-12(8-11(2)15(10)18(19)23)24-6-4-3-5-14-17(22)16(21)13(20)9-25-14/h7-8,13-14,16-17,20-22H,3-6,9H2,1-2H3,(H2,19,23)/t13-,14-,16+,17+/m1/s1. The number of aliphatic hydroxyl groups excluding tert-OH is 3. The quantitative estimate of drug-likeness (QED) is 0.528. The zero-order chi connectivity index (χ0) is 18.6. The number of carbonyl (C=O) groups is 1. The Labute approximate surface area is 147 Å². The molecule has 1 saturated heterocycles. The van der Waals surface area contributed by atoms with Gasteiger partial charge in [-0.3, -0.25) is 4.79 Å². The number of primary amides is 1. The molecular formula is C18H27NO6. The summed E-state index contributed by atoms with van der Waals surface area (Å²) >= 11 is 0. The fraction of sp³-hybridized carbons (Fsp3) is 0.611. The number of rotatable bonds is 7. The van der Waals surface area contributed by atoms with Gasteiger partial charge in [0.1, 0.15) is 24.1 Å². The summed E-state index contributed by atoms with van der Waals surface area (Å²) in [7, 11) is 0. The van der Waals surface area contributed by atoms with Gasteiger partial charge in [0.15, 0.2) is 0 Å². The van der Waals surface area contributed by atoms with Gasteiger partial charge in [0.25, 0.3) is 0 Å². The molecule has 1 aliphatic heterocycles. The van der Waals surface area contributed by atoms with E-state index in [-0.39, 0.29) is 6.61 Å². The van der Waals surface area contributed by atoms with Crippen LogP contribution in [0.5, 0.6) is 5.75 Å². The van der Waals surface area contributed by atoms with Gasteiger partial charge in [-0.25, -0.2) is 0 Å². The topological polar surface area (TPSA) is 122 Å². The SMILES string of the molecule is Cc1cc(OCCCC[C@H]2OC[C@@H](O)[C@H](O)[C@H]2O)cc(C)c1C(N)=O. The second kappa shape index (κ2) is 8.62. The molecule has 1 aromatic carbocycles. The summed E-state index contributed by atoms with van der Waals surface area (Å²) in [4.78, 5) is 11.4. The molecule has 1 amide bonds. The van der Waals surface area contributed by atoms with E-state index in [9.17, 15) is 20.1 Å². The van der Waals surface area contributed by atoms with Crippen LogP contribution in [0.15, 0.2) is 12.1 Å².